The van der Waals surface area contributed by atoms with E-state index in [1.165, 1.54) is 0 Å². The predicted molar refractivity (Wildman–Crippen MR) is 78.4 cm³/mol. The van der Waals surface area contributed by atoms with Crippen molar-refractivity contribution < 1.29 is 9.90 Å². The predicted octanol–water partition coefficient (Wildman–Crippen LogP) is 3.15. The molecule has 0 aliphatic rings. The monoisotopic (exact) mass is 274 g/mol. The number of hydrogen-bond acceptors (Lipinski definition) is 3. The molecule has 0 fully saturated rings. The van der Waals surface area contributed by atoms with E-state index in [9.17, 15) is 4.79 Å². The van der Waals surface area contributed by atoms with Gasteiger partial charge >= 0.3 is 5.97 Å². The second-order valence-corrected chi connectivity index (χ2v) is 5.84. The van der Waals surface area contributed by atoms with E-state index in [1.54, 1.807) is 12.1 Å². The summed E-state index contributed by atoms with van der Waals surface area (Å²) in [5.41, 5.74) is 1.15. The minimum atomic E-state index is -0.899. The van der Waals surface area contributed by atoms with Crippen LogP contribution in [0.4, 0.5) is 0 Å². The average molecular weight is 274 g/mol. The van der Waals surface area contributed by atoms with Crippen molar-refractivity contribution in [1.29, 1.82) is 5.26 Å². The van der Waals surface area contributed by atoms with Crippen molar-refractivity contribution in [3.05, 3.63) is 35.4 Å². The standard InChI is InChI=1S/C16H22N2O2/c1-16(2,12-17)9-4-10-18(3)11-13-5-7-14(8-6-13)15(19)20/h5-8H,4,9-11H2,1-3H3,(H,19,20). The molecule has 0 unspecified atom stereocenters. The molecule has 20 heavy (non-hydrogen) atoms. The zero-order valence-electron chi connectivity index (χ0n) is 12.4. The second kappa shape index (κ2) is 7.06. The lowest BCUT2D eigenvalue weighted by Crippen LogP contribution is -2.21. The summed E-state index contributed by atoms with van der Waals surface area (Å²) >= 11 is 0. The summed E-state index contributed by atoms with van der Waals surface area (Å²) in [4.78, 5) is 12.9. The van der Waals surface area contributed by atoms with Crippen molar-refractivity contribution in [2.75, 3.05) is 13.6 Å². The first-order valence-electron chi connectivity index (χ1n) is 6.76. The molecule has 0 saturated carbocycles. The third-order valence-corrected chi connectivity index (χ3v) is 3.30. The lowest BCUT2D eigenvalue weighted by Gasteiger charge is -2.20. The number of carboxylic acids is 1. The van der Waals surface area contributed by atoms with Crippen LogP contribution in [0.3, 0.4) is 0 Å². The van der Waals surface area contributed by atoms with Gasteiger partial charge in [-0.1, -0.05) is 12.1 Å². The quantitative estimate of drug-likeness (QED) is 0.829. The Kier molecular flexibility index (Phi) is 5.72. The van der Waals surface area contributed by atoms with Gasteiger partial charge in [0.1, 0.15) is 0 Å². The van der Waals surface area contributed by atoms with Crippen molar-refractivity contribution in [3.63, 3.8) is 0 Å². The molecule has 4 heteroatoms. The minimum Gasteiger partial charge on any atom is -0.478 e. The maximum absolute atomic E-state index is 10.8. The largest absolute Gasteiger partial charge is 0.478 e. The molecule has 108 valence electrons. The smallest absolute Gasteiger partial charge is 0.335 e. The molecule has 0 radical (unpaired) electrons. The third-order valence-electron chi connectivity index (χ3n) is 3.30. The van der Waals surface area contributed by atoms with Crippen LogP contribution in [0.15, 0.2) is 24.3 Å². The van der Waals surface area contributed by atoms with Crippen LogP contribution < -0.4 is 0 Å². The van der Waals surface area contributed by atoms with E-state index in [0.29, 0.717) is 5.56 Å². The molecule has 0 atom stereocenters. The first kappa shape index (κ1) is 16.2. The first-order chi connectivity index (χ1) is 9.34. The zero-order chi connectivity index (χ0) is 15.2. The van der Waals surface area contributed by atoms with Crippen LogP contribution in [-0.2, 0) is 6.54 Å². The molecular formula is C16H22N2O2. The summed E-state index contributed by atoms with van der Waals surface area (Å²) in [5, 5.41) is 17.8. The molecule has 0 aromatic heterocycles. The fraction of sp³-hybridized carbons (Fsp3) is 0.500. The molecule has 0 aliphatic heterocycles. The zero-order valence-corrected chi connectivity index (χ0v) is 12.4. The van der Waals surface area contributed by atoms with Gasteiger partial charge in [0.25, 0.3) is 0 Å². The number of rotatable bonds is 7. The molecule has 1 aromatic carbocycles. The Morgan fingerprint density at radius 3 is 2.45 bits per heavy atom. The van der Waals surface area contributed by atoms with Crippen LogP contribution in [0.5, 0.6) is 0 Å². The third kappa shape index (κ3) is 5.41. The summed E-state index contributed by atoms with van der Waals surface area (Å²) in [6, 6.07) is 9.26. The van der Waals surface area contributed by atoms with Crippen LogP contribution in [-0.4, -0.2) is 29.6 Å². The Labute approximate surface area is 120 Å². The number of nitriles is 1. The molecule has 0 heterocycles. The number of benzene rings is 1. The summed E-state index contributed by atoms with van der Waals surface area (Å²) in [5.74, 6) is -0.899. The van der Waals surface area contributed by atoms with E-state index in [1.807, 2.05) is 33.0 Å². The topological polar surface area (TPSA) is 64.3 Å². The van der Waals surface area contributed by atoms with Gasteiger partial charge in [-0.15, -0.1) is 0 Å². The Morgan fingerprint density at radius 2 is 1.95 bits per heavy atom. The van der Waals surface area contributed by atoms with E-state index < -0.39 is 5.97 Å². The normalized spacial score (nSPS) is 11.3. The number of nitrogens with zero attached hydrogens (tertiary/aromatic N) is 2. The first-order valence-corrected chi connectivity index (χ1v) is 6.76. The highest BCUT2D eigenvalue weighted by Gasteiger charge is 2.16. The van der Waals surface area contributed by atoms with Gasteiger partial charge in [-0.2, -0.15) is 5.26 Å². The SMILES string of the molecule is CN(CCCC(C)(C)C#N)Cc1ccc(C(=O)O)cc1. The molecule has 1 aromatic rings. The Morgan fingerprint density at radius 1 is 1.35 bits per heavy atom. The van der Waals surface area contributed by atoms with E-state index in [2.05, 4.69) is 11.0 Å². The fourth-order valence-electron chi connectivity index (χ4n) is 1.99. The van der Waals surface area contributed by atoms with E-state index >= 15 is 0 Å². The Balaban J connectivity index is 2.41. The fourth-order valence-corrected chi connectivity index (χ4v) is 1.99. The van der Waals surface area contributed by atoms with Gasteiger partial charge in [0.2, 0.25) is 0 Å². The molecule has 0 bridgehead atoms. The van der Waals surface area contributed by atoms with Gasteiger partial charge in [-0.25, -0.2) is 4.79 Å². The molecular weight excluding hydrogens is 252 g/mol. The number of aromatic carboxylic acids is 1. The molecule has 0 saturated heterocycles. The highest BCUT2D eigenvalue weighted by molar-refractivity contribution is 5.87. The van der Waals surface area contributed by atoms with Crippen LogP contribution in [0, 0.1) is 16.7 Å². The van der Waals surface area contributed by atoms with Crippen molar-refractivity contribution in [2.24, 2.45) is 5.41 Å². The van der Waals surface area contributed by atoms with Gasteiger partial charge in [0.05, 0.1) is 17.0 Å². The van der Waals surface area contributed by atoms with Crippen molar-refractivity contribution in [3.8, 4) is 6.07 Å². The second-order valence-electron chi connectivity index (χ2n) is 5.84. The minimum absolute atomic E-state index is 0.260. The van der Waals surface area contributed by atoms with E-state index in [4.69, 9.17) is 10.4 Å². The maximum atomic E-state index is 10.8. The summed E-state index contributed by atoms with van der Waals surface area (Å²) in [6.07, 6.45) is 1.86. The molecule has 0 aliphatic carbocycles. The van der Waals surface area contributed by atoms with Gasteiger partial charge < -0.3 is 10.0 Å². The highest BCUT2D eigenvalue weighted by Crippen LogP contribution is 2.20. The Hall–Kier alpha value is -1.86. The molecule has 0 spiro atoms. The van der Waals surface area contributed by atoms with E-state index in [-0.39, 0.29) is 5.41 Å². The van der Waals surface area contributed by atoms with Crippen molar-refractivity contribution >= 4 is 5.97 Å². The van der Waals surface area contributed by atoms with Crippen molar-refractivity contribution in [1.82, 2.24) is 4.90 Å². The highest BCUT2D eigenvalue weighted by atomic mass is 16.4. The lowest BCUT2D eigenvalue weighted by atomic mass is 9.90. The summed E-state index contributed by atoms with van der Waals surface area (Å²) in [7, 11) is 2.03. The van der Waals surface area contributed by atoms with Crippen LogP contribution >= 0.6 is 0 Å². The number of hydrogen-bond donors (Lipinski definition) is 1. The summed E-state index contributed by atoms with van der Waals surface area (Å²) < 4.78 is 0. The maximum Gasteiger partial charge on any atom is 0.335 e. The van der Waals surface area contributed by atoms with Crippen LogP contribution in [0.1, 0.15) is 42.6 Å². The van der Waals surface area contributed by atoms with Crippen molar-refractivity contribution in [2.45, 2.75) is 33.2 Å². The molecule has 0 amide bonds. The number of carbonyl (C=O) groups is 1. The van der Waals surface area contributed by atoms with E-state index in [0.717, 1.165) is 31.5 Å². The summed E-state index contributed by atoms with van der Waals surface area (Å²) in [6.45, 7) is 5.62. The van der Waals surface area contributed by atoms with Gasteiger partial charge in [0, 0.05) is 6.54 Å². The molecule has 4 nitrogen and oxygen atoms in total. The molecule has 1 rings (SSSR count). The van der Waals surface area contributed by atoms with Gasteiger partial charge in [-0.05, 0) is 58.0 Å². The Bertz CT molecular complexity index is 486. The average Bonchev–Trinajstić information content (AvgIpc) is 2.39. The van der Waals surface area contributed by atoms with Crippen LogP contribution in [0.25, 0.3) is 0 Å². The molecule has 1 N–H and O–H groups in total. The van der Waals surface area contributed by atoms with Crippen LogP contribution in [0.2, 0.25) is 0 Å². The van der Waals surface area contributed by atoms with Gasteiger partial charge in [-0.3, -0.25) is 0 Å². The lowest BCUT2D eigenvalue weighted by molar-refractivity contribution is 0.0697. The van der Waals surface area contributed by atoms with Gasteiger partial charge in [0.15, 0.2) is 0 Å². The number of carboxylic acid groups (broad SMARTS) is 1.